The van der Waals surface area contributed by atoms with Crippen LogP contribution in [0.5, 0.6) is 11.5 Å². The molecule has 0 bridgehead atoms. The van der Waals surface area contributed by atoms with Gasteiger partial charge < -0.3 is 29.9 Å². The van der Waals surface area contributed by atoms with E-state index in [0.29, 0.717) is 26.1 Å². The number of piperidine rings is 2. The number of ketones is 2. The maximum atomic E-state index is 12.8. The topological polar surface area (TPSA) is 151 Å². The van der Waals surface area contributed by atoms with Crippen LogP contribution in [0.2, 0.25) is 0 Å². The van der Waals surface area contributed by atoms with Gasteiger partial charge in [-0.1, -0.05) is 7.43 Å². The predicted octanol–water partition coefficient (Wildman–Crippen LogP) is 6.52. The molecule has 298 valence electrons. The predicted molar refractivity (Wildman–Crippen MR) is 193 cm³/mol. The minimum absolute atomic E-state index is 0. The molecule has 0 spiro atoms. The fourth-order valence-corrected chi connectivity index (χ4v) is 6.47. The molecule has 2 aromatic carbocycles. The quantitative estimate of drug-likeness (QED) is 0.173. The summed E-state index contributed by atoms with van der Waals surface area (Å²) in [6.07, 6.45) is -9.22. The first kappa shape index (κ1) is 45.7. The normalized spacial score (nSPS) is 15.2. The highest BCUT2D eigenvalue weighted by Crippen LogP contribution is 2.34. The molecule has 2 aliphatic heterocycles. The lowest BCUT2D eigenvalue weighted by Crippen LogP contribution is -2.46. The molecule has 2 fully saturated rings. The van der Waals surface area contributed by atoms with E-state index in [2.05, 4.69) is 10.6 Å². The van der Waals surface area contributed by atoms with Crippen molar-refractivity contribution in [1.82, 2.24) is 9.80 Å². The number of nitrogens with zero attached hydrogens (tertiary/aromatic N) is 2. The zero-order chi connectivity index (χ0) is 39.8. The molecule has 2 aromatic rings. The molecule has 54 heavy (non-hydrogen) atoms. The lowest BCUT2D eigenvalue weighted by Gasteiger charge is -2.32. The minimum Gasteiger partial charge on any atom is -0.496 e. The zero-order valence-corrected chi connectivity index (χ0v) is 31.2. The van der Waals surface area contributed by atoms with Gasteiger partial charge in [-0.3, -0.25) is 28.8 Å². The first-order chi connectivity index (χ1) is 24.7. The minimum atomic E-state index is -4.91. The number of hydrogen-bond acceptors (Lipinski definition) is 8. The van der Waals surface area contributed by atoms with Crippen LogP contribution in [-0.4, -0.2) is 97.7 Å². The molecule has 0 atom stereocenters. The summed E-state index contributed by atoms with van der Waals surface area (Å²) >= 11 is 1.98. The molecule has 2 aliphatic rings. The van der Waals surface area contributed by atoms with E-state index in [1.165, 1.54) is 40.2 Å². The molecule has 0 aliphatic carbocycles. The van der Waals surface area contributed by atoms with Crippen molar-refractivity contribution >= 4 is 69.2 Å². The van der Waals surface area contributed by atoms with Crippen molar-refractivity contribution in [2.24, 2.45) is 11.8 Å². The Labute approximate surface area is 321 Å². The van der Waals surface area contributed by atoms with Gasteiger partial charge >= 0.3 is 24.2 Å². The number of hydrogen-bond donors (Lipinski definition) is 2. The molecule has 2 heterocycles. The molecule has 0 saturated carbocycles. The first-order valence-electron chi connectivity index (χ1n) is 16.1. The molecule has 4 rings (SSSR count). The van der Waals surface area contributed by atoms with Crippen LogP contribution in [-0.2, 0) is 19.2 Å². The van der Waals surface area contributed by atoms with Gasteiger partial charge in [0.15, 0.2) is 11.6 Å². The van der Waals surface area contributed by atoms with Gasteiger partial charge in [-0.05, 0) is 66.5 Å². The molecule has 2 saturated heterocycles. The average molecular weight is 887 g/mol. The summed E-state index contributed by atoms with van der Waals surface area (Å²) in [5.41, 5.74) is 1.57. The average Bonchev–Trinajstić information content (AvgIpc) is 3.10. The molecule has 0 radical (unpaired) electrons. The first-order valence-corrected chi connectivity index (χ1v) is 17.2. The van der Waals surface area contributed by atoms with E-state index in [-0.39, 0.29) is 94.2 Å². The van der Waals surface area contributed by atoms with Gasteiger partial charge in [-0.2, -0.15) is 26.3 Å². The molecule has 12 nitrogen and oxygen atoms in total. The molecular weight excluding hydrogens is 845 g/mol. The summed E-state index contributed by atoms with van der Waals surface area (Å²) in [6.45, 7) is 2.21. The summed E-state index contributed by atoms with van der Waals surface area (Å²) in [6, 6.07) is 7.70. The monoisotopic (exact) mass is 886 g/mol. The van der Waals surface area contributed by atoms with E-state index in [9.17, 15) is 55.1 Å². The maximum absolute atomic E-state index is 12.8. The molecule has 4 amide bonds. The smallest absolute Gasteiger partial charge is 0.471 e. The number of halogens is 7. The summed E-state index contributed by atoms with van der Waals surface area (Å²) in [5, 5.41) is 5.21. The SMILES string of the molecule is C.COc1cc(NC(C)=O)c(I)cc1C(=O)C1CCN(C(=O)C(F)(F)F)CC1.COc1cc(NC(C)=O)ccc1C(=O)C1CCN(C(=O)C(F)(F)F)CC1. The fourth-order valence-electron chi connectivity index (χ4n) is 5.86. The van der Waals surface area contributed by atoms with E-state index in [1.807, 2.05) is 22.6 Å². The number of ether oxygens (including phenoxy) is 2. The van der Waals surface area contributed by atoms with Crippen molar-refractivity contribution in [3.05, 3.63) is 45.0 Å². The van der Waals surface area contributed by atoms with Crippen molar-refractivity contribution < 1.29 is 64.6 Å². The van der Waals surface area contributed by atoms with Gasteiger partial charge in [0.1, 0.15) is 11.5 Å². The van der Waals surface area contributed by atoms with Crippen LogP contribution >= 0.6 is 22.6 Å². The number of Topliss-reactive ketones (excluding diaryl/α,β-unsaturated/α-hetero) is 2. The standard InChI is InChI=1S/C17H18F3IN2O4.C17H19F3N2O4.CH4/c1-9(24)22-13-8-14(27-2)11(7-12(13)21)15(25)10-3-5-23(6-4-10)16(26)17(18,19)20;1-10(23)21-12-3-4-13(14(9-12)26-2)15(24)11-5-7-22(8-6-11)16(25)17(18,19)20;/h7-8,10H,3-6H2,1-2H3,(H,22,24);3-4,9,11H,5-8H2,1-2H3,(H,21,23);1H4. The second kappa shape index (κ2) is 19.2. The summed E-state index contributed by atoms with van der Waals surface area (Å²) < 4.78 is 86.1. The van der Waals surface area contributed by atoms with Crippen molar-refractivity contribution in [3.63, 3.8) is 0 Å². The molecular formula is C35H41F6IN4O8. The van der Waals surface area contributed by atoms with Crippen LogP contribution in [0.25, 0.3) is 0 Å². The Balaban J connectivity index is 0.000000367. The number of benzene rings is 2. The highest BCUT2D eigenvalue weighted by molar-refractivity contribution is 14.1. The lowest BCUT2D eigenvalue weighted by atomic mass is 9.88. The number of likely N-dealkylation sites (tertiary alicyclic amines) is 2. The van der Waals surface area contributed by atoms with Gasteiger partial charge in [-0.25, -0.2) is 0 Å². The van der Waals surface area contributed by atoms with Crippen LogP contribution < -0.4 is 20.1 Å². The number of nitrogens with one attached hydrogen (secondary N) is 2. The van der Waals surface area contributed by atoms with Crippen LogP contribution in [0.1, 0.15) is 67.7 Å². The molecule has 19 heteroatoms. The summed E-state index contributed by atoms with van der Waals surface area (Å²) in [4.78, 5) is 71.9. The highest BCUT2D eigenvalue weighted by Gasteiger charge is 2.45. The Morgan fingerprint density at radius 1 is 0.667 bits per heavy atom. The third kappa shape index (κ3) is 12.0. The van der Waals surface area contributed by atoms with Crippen LogP contribution in [0.15, 0.2) is 30.3 Å². The maximum Gasteiger partial charge on any atom is 0.471 e. The van der Waals surface area contributed by atoms with Crippen molar-refractivity contribution in [1.29, 1.82) is 0 Å². The van der Waals surface area contributed by atoms with E-state index in [1.54, 1.807) is 18.2 Å². The summed E-state index contributed by atoms with van der Waals surface area (Å²) in [7, 11) is 2.77. The largest absolute Gasteiger partial charge is 0.496 e. The Morgan fingerprint density at radius 2 is 1.07 bits per heavy atom. The second-order valence-electron chi connectivity index (χ2n) is 12.2. The molecule has 2 N–H and O–H groups in total. The number of alkyl halides is 6. The van der Waals surface area contributed by atoms with Crippen molar-refractivity contribution in [2.75, 3.05) is 51.0 Å². The number of amides is 4. The van der Waals surface area contributed by atoms with Gasteiger partial charge in [0.25, 0.3) is 0 Å². The Hall–Kier alpha value is -4.43. The van der Waals surface area contributed by atoms with Gasteiger partial charge in [0.05, 0.1) is 31.0 Å². The van der Waals surface area contributed by atoms with Crippen LogP contribution in [0.4, 0.5) is 37.7 Å². The van der Waals surface area contributed by atoms with Crippen molar-refractivity contribution in [2.45, 2.75) is 59.3 Å². The number of carbonyl (C=O) groups is 6. The van der Waals surface area contributed by atoms with Crippen LogP contribution in [0, 0.1) is 15.4 Å². The van der Waals surface area contributed by atoms with Crippen LogP contribution in [0.3, 0.4) is 0 Å². The summed E-state index contributed by atoms with van der Waals surface area (Å²) in [5.74, 6) is -5.24. The number of methoxy groups -OCH3 is 2. The number of carbonyl (C=O) groups excluding carboxylic acids is 6. The van der Waals surface area contributed by atoms with Gasteiger partial charge in [0.2, 0.25) is 11.8 Å². The Morgan fingerprint density at radius 3 is 1.46 bits per heavy atom. The zero-order valence-electron chi connectivity index (χ0n) is 29.0. The Bertz CT molecular complexity index is 1720. The highest BCUT2D eigenvalue weighted by atomic mass is 127. The van der Waals surface area contributed by atoms with Gasteiger partial charge in [-0.15, -0.1) is 0 Å². The van der Waals surface area contributed by atoms with Gasteiger partial charge in [0, 0.05) is 73.3 Å². The van der Waals surface area contributed by atoms with E-state index in [4.69, 9.17) is 9.47 Å². The third-order valence-electron chi connectivity index (χ3n) is 8.44. The van der Waals surface area contributed by atoms with E-state index < -0.39 is 36.0 Å². The number of anilines is 2. The van der Waals surface area contributed by atoms with E-state index in [0.717, 1.165) is 9.80 Å². The lowest BCUT2D eigenvalue weighted by molar-refractivity contribution is -0.186. The Kier molecular flexibility index (Phi) is 16.3. The molecule has 0 unspecified atom stereocenters. The van der Waals surface area contributed by atoms with Crippen molar-refractivity contribution in [3.8, 4) is 11.5 Å². The molecule has 0 aromatic heterocycles. The third-order valence-corrected chi connectivity index (χ3v) is 9.34. The number of rotatable bonds is 8. The fraction of sp³-hybridized carbons (Fsp3) is 0.486. The second-order valence-corrected chi connectivity index (χ2v) is 13.3. The van der Waals surface area contributed by atoms with E-state index >= 15 is 0 Å².